The number of aromatic nitrogens is 3. The Balaban J connectivity index is 2.05. The van der Waals surface area contributed by atoms with Gasteiger partial charge in [-0.05, 0) is 30.2 Å². The first-order valence-electron chi connectivity index (χ1n) is 10.4. The molecule has 1 aromatic carbocycles. The van der Waals surface area contributed by atoms with E-state index in [1.165, 1.54) is 12.3 Å². The first-order valence-corrected chi connectivity index (χ1v) is 10.4. The van der Waals surface area contributed by atoms with E-state index in [0.29, 0.717) is 23.3 Å². The van der Waals surface area contributed by atoms with Crippen molar-refractivity contribution in [3.8, 4) is 11.1 Å². The molecule has 0 saturated heterocycles. The van der Waals surface area contributed by atoms with E-state index in [-0.39, 0.29) is 28.7 Å². The van der Waals surface area contributed by atoms with Crippen LogP contribution < -0.4 is 11.1 Å². The number of amidine groups is 1. The molecule has 0 amide bonds. The van der Waals surface area contributed by atoms with Crippen molar-refractivity contribution in [2.24, 2.45) is 10.7 Å². The molecule has 0 saturated carbocycles. The van der Waals surface area contributed by atoms with Gasteiger partial charge in [-0.3, -0.25) is 5.41 Å². The maximum atomic E-state index is 14.0. The molecule has 0 fully saturated rings. The van der Waals surface area contributed by atoms with Crippen LogP contribution in [0.1, 0.15) is 36.5 Å². The van der Waals surface area contributed by atoms with E-state index in [1.807, 2.05) is 6.92 Å². The van der Waals surface area contributed by atoms with Gasteiger partial charge in [-0.1, -0.05) is 19.1 Å². The zero-order valence-corrected chi connectivity index (χ0v) is 18.5. The molecule has 2 aromatic heterocycles. The predicted octanol–water partition coefficient (Wildman–Crippen LogP) is 5.08. The molecule has 0 aliphatic rings. The molecule has 0 bridgehead atoms. The number of aliphatic imine (C=N–C) groups is 1. The molecule has 3 rings (SSSR count). The fraction of sp³-hybridized carbons (Fsp3) is 0.174. The maximum Gasteiger partial charge on any atom is 0.451 e. The topological polar surface area (TPSA) is 140 Å². The summed E-state index contributed by atoms with van der Waals surface area (Å²) in [4.78, 5) is 13.7. The number of benzene rings is 1. The van der Waals surface area contributed by atoms with Gasteiger partial charge in [0, 0.05) is 47.5 Å². The van der Waals surface area contributed by atoms with Crippen molar-refractivity contribution in [2.75, 3.05) is 5.32 Å². The van der Waals surface area contributed by atoms with Gasteiger partial charge >= 0.3 is 6.18 Å². The number of nitrogens with zero attached hydrogens (tertiary/aromatic N) is 3. The Hall–Kier alpha value is -4.35. The fourth-order valence-electron chi connectivity index (χ4n) is 3.46. The Morgan fingerprint density at radius 3 is 2.49 bits per heavy atom. The average Bonchev–Trinajstić information content (AvgIpc) is 3.27. The normalized spacial score (nSPS) is 13.4. The van der Waals surface area contributed by atoms with E-state index >= 15 is 0 Å². The van der Waals surface area contributed by atoms with E-state index in [1.54, 1.807) is 24.3 Å². The molecular formula is C23H22F4N8. The van der Waals surface area contributed by atoms with Crippen LogP contribution in [0.3, 0.4) is 0 Å². The molecule has 0 spiro atoms. The highest BCUT2D eigenvalue weighted by Crippen LogP contribution is 2.33. The molecule has 0 aliphatic heterocycles. The summed E-state index contributed by atoms with van der Waals surface area (Å²) in [7, 11) is 0. The molecule has 2 heterocycles. The Kier molecular flexibility index (Phi) is 7.74. The lowest BCUT2D eigenvalue weighted by Crippen LogP contribution is -2.16. The molecule has 12 heteroatoms. The van der Waals surface area contributed by atoms with Crippen molar-refractivity contribution < 1.29 is 17.6 Å². The SMILES string of the molecule is CCC(/C(C=N)=C/Nc1ccccc1F)c1cc(-c2cnc(C(F)(F)F)nc2)c(/C(N)=N\C=N)[nH]1. The second-order valence-electron chi connectivity index (χ2n) is 7.32. The van der Waals surface area contributed by atoms with Crippen LogP contribution in [0.2, 0.25) is 0 Å². The number of aromatic amines is 1. The number of allylic oxidation sites excluding steroid dienone is 1. The van der Waals surface area contributed by atoms with Gasteiger partial charge in [-0.2, -0.15) is 13.2 Å². The Morgan fingerprint density at radius 1 is 1.23 bits per heavy atom. The zero-order chi connectivity index (χ0) is 25.6. The van der Waals surface area contributed by atoms with Gasteiger partial charge in [-0.15, -0.1) is 0 Å². The van der Waals surface area contributed by atoms with Gasteiger partial charge in [0.05, 0.1) is 11.4 Å². The molecule has 1 atom stereocenters. The minimum Gasteiger partial charge on any atom is -0.382 e. The largest absolute Gasteiger partial charge is 0.451 e. The van der Waals surface area contributed by atoms with Gasteiger partial charge in [0.1, 0.15) is 18.0 Å². The van der Waals surface area contributed by atoms with Crippen LogP contribution in [0, 0.1) is 16.6 Å². The molecule has 182 valence electrons. The minimum absolute atomic E-state index is 0.0686. The van der Waals surface area contributed by atoms with Crippen molar-refractivity contribution in [3.63, 3.8) is 0 Å². The van der Waals surface area contributed by atoms with Crippen LogP contribution in [-0.2, 0) is 6.18 Å². The summed E-state index contributed by atoms with van der Waals surface area (Å²) in [6, 6.07) is 7.74. The van der Waals surface area contributed by atoms with Gasteiger partial charge in [0.2, 0.25) is 5.82 Å². The first kappa shape index (κ1) is 25.3. The van der Waals surface area contributed by atoms with Crippen molar-refractivity contribution in [2.45, 2.75) is 25.4 Å². The van der Waals surface area contributed by atoms with Gasteiger partial charge in [0.15, 0.2) is 0 Å². The van der Waals surface area contributed by atoms with Gasteiger partial charge in [0.25, 0.3) is 0 Å². The third-order valence-electron chi connectivity index (χ3n) is 5.14. The lowest BCUT2D eigenvalue weighted by atomic mass is 9.93. The average molecular weight is 486 g/mol. The first-order chi connectivity index (χ1) is 16.7. The summed E-state index contributed by atoms with van der Waals surface area (Å²) < 4.78 is 52.6. The lowest BCUT2D eigenvalue weighted by molar-refractivity contribution is -0.144. The molecule has 6 N–H and O–H groups in total. The highest BCUT2D eigenvalue weighted by Gasteiger charge is 2.34. The van der Waals surface area contributed by atoms with E-state index < -0.39 is 17.8 Å². The van der Waals surface area contributed by atoms with Crippen LogP contribution in [0.15, 0.2) is 59.5 Å². The second kappa shape index (κ2) is 10.7. The van der Waals surface area contributed by atoms with Crippen molar-refractivity contribution in [1.29, 1.82) is 10.8 Å². The van der Waals surface area contributed by atoms with Crippen LogP contribution in [0.5, 0.6) is 0 Å². The second-order valence-corrected chi connectivity index (χ2v) is 7.32. The minimum atomic E-state index is -4.69. The third kappa shape index (κ3) is 5.78. The van der Waals surface area contributed by atoms with Crippen molar-refractivity contribution in [1.82, 2.24) is 15.0 Å². The van der Waals surface area contributed by atoms with Gasteiger partial charge in [-0.25, -0.2) is 19.4 Å². The zero-order valence-electron chi connectivity index (χ0n) is 18.5. The summed E-state index contributed by atoms with van der Waals surface area (Å²) in [6.07, 6.45) is 1.25. The molecular weight excluding hydrogens is 464 g/mol. The van der Waals surface area contributed by atoms with Crippen molar-refractivity contribution >= 4 is 24.1 Å². The molecule has 35 heavy (non-hydrogen) atoms. The van der Waals surface area contributed by atoms with Crippen LogP contribution >= 0.6 is 0 Å². The Bertz CT molecular complexity index is 1260. The maximum absolute atomic E-state index is 14.0. The molecule has 3 aromatic rings. The quantitative estimate of drug-likeness (QED) is 0.163. The third-order valence-corrected chi connectivity index (χ3v) is 5.14. The predicted molar refractivity (Wildman–Crippen MR) is 126 cm³/mol. The molecule has 1 unspecified atom stereocenters. The number of H-pyrrole nitrogens is 1. The number of anilines is 1. The number of nitrogens with two attached hydrogens (primary N) is 1. The highest BCUT2D eigenvalue weighted by atomic mass is 19.4. The summed E-state index contributed by atoms with van der Waals surface area (Å²) in [5.74, 6) is -2.19. The standard InChI is InChI=1S/C23H22F4N8/c1-2-15(13(8-28)9-31-18-6-4-3-5-17(18)24)19-7-16(20(35-19)21(30)34-12-29)14-10-32-22(33-11-14)23(25,26)27/h3-12,15,28,31,35H,2H2,1H3,(H3,29,30,34)/b13-9+,28-8?. The number of alkyl halides is 3. The summed E-state index contributed by atoms with van der Waals surface area (Å²) >= 11 is 0. The van der Waals surface area contributed by atoms with Gasteiger partial charge < -0.3 is 21.4 Å². The van der Waals surface area contributed by atoms with E-state index in [0.717, 1.165) is 24.9 Å². The Labute approximate surface area is 198 Å². The van der Waals surface area contributed by atoms with Crippen molar-refractivity contribution in [3.05, 3.63) is 77.5 Å². The number of halogens is 4. The van der Waals surface area contributed by atoms with E-state index in [9.17, 15) is 17.6 Å². The lowest BCUT2D eigenvalue weighted by Gasteiger charge is -2.15. The number of hydrogen-bond acceptors (Lipinski definition) is 5. The Morgan fingerprint density at radius 2 is 1.91 bits per heavy atom. The van der Waals surface area contributed by atoms with Crippen LogP contribution in [0.4, 0.5) is 23.2 Å². The smallest absolute Gasteiger partial charge is 0.382 e. The summed E-state index contributed by atoms with van der Waals surface area (Å²) in [6.45, 7) is 1.88. The number of nitrogens with one attached hydrogen (secondary N) is 4. The molecule has 0 aliphatic carbocycles. The number of rotatable bonds is 9. The van der Waals surface area contributed by atoms with E-state index in [2.05, 4.69) is 25.3 Å². The monoisotopic (exact) mass is 486 g/mol. The fourth-order valence-corrected chi connectivity index (χ4v) is 3.46. The summed E-state index contributed by atoms with van der Waals surface area (Å²) in [5.41, 5.74) is 8.19. The molecule has 8 nitrogen and oxygen atoms in total. The van der Waals surface area contributed by atoms with Crippen LogP contribution in [0.25, 0.3) is 11.1 Å². The summed E-state index contributed by atoms with van der Waals surface area (Å²) in [5, 5.41) is 17.9. The van der Waals surface area contributed by atoms with E-state index in [4.69, 9.17) is 16.6 Å². The van der Waals surface area contributed by atoms with Crippen LogP contribution in [-0.4, -0.2) is 33.3 Å². The molecule has 0 radical (unpaired) electrons. The number of hydrogen-bond donors (Lipinski definition) is 5. The number of para-hydroxylation sites is 1. The highest BCUT2D eigenvalue weighted by molar-refractivity contribution is 6.04.